The molecule has 5 heteroatoms. The summed E-state index contributed by atoms with van der Waals surface area (Å²) in [5.74, 6) is -0.301. The van der Waals surface area contributed by atoms with E-state index in [9.17, 15) is 9.59 Å². The van der Waals surface area contributed by atoms with E-state index in [-0.39, 0.29) is 41.6 Å². The molecule has 0 amide bonds. The van der Waals surface area contributed by atoms with Crippen LogP contribution in [0.5, 0.6) is 0 Å². The molecule has 0 spiro atoms. The van der Waals surface area contributed by atoms with Gasteiger partial charge in [0.15, 0.2) is 11.6 Å². The van der Waals surface area contributed by atoms with Crippen LogP contribution in [0, 0.1) is 17.3 Å². The van der Waals surface area contributed by atoms with E-state index >= 15 is 0 Å². The molecule has 0 aliphatic carbocycles. The largest absolute Gasteiger partial charge is 0.353 e. The van der Waals surface area contributed by atoms with Crippen molar-refractivity contribution in [3.8, 4) is 0 Å². The number of anilines is 1. The van der Waals surface area contributed by atoms with Gasteiger partial charge >= 0.3 is 0 Å². The van der Waals surface area contributed by atoms with E-state index in [1.807, 2.05) is 39.0 Å². The molecule has 3 fully saturated rings. The van der Waals surface area contributed by atoms with Crippen LogP contribution >= 0.6 is 0 Å². The highest BCUT2D eigenvalue weighted by atomic mass is 16.7. The first-order valence-electron chi connectivity index (χ1n) is 9.28. The van der Waals surface area contributed by atoms with Gasteiger partial charge in [0.1, 0.15) is 0 Å². The van der Waals surface area contributed by atoms with Crippen LogP contribution in [-0.4, -0.2) is 42.7 Å². The fourth-order valence-electron chi connectivity index (χ4n) is 5.02. The van der Waals surface area contributed by atoms with Gasteiger partial charge in [-0.3, -0.25) is 9.59 Å². The van der Waals surface area contributed by atoms with Crippen molar-refractivity contribution < 1.29 is 19.1 Å². The summed E-state index contributed by atoms with van der Waals surface area (Å²) in [4.78, 5) is 28.7. The molecule has 2 bridgehead atoms. The molecule has 1 aromatic rings. The zero-order valence-corrected chi connectivity index (χ0v) is 15.2. The third kappa shape index (κ3) is 2.04. The van der Waals surface area contributed by atoms with E-state index in [1.165, 1.54) is 0 Å². The Kier molecular flexibility index (Phi) is 3.29. The molecule has 0 unspecified atom stereocenters. The van der Waals surface area contributed by atoms with Crippen LogP contribution in [-0.2, 0) is 19.1 Å². The zero-order chi connectivity index (χ0) is 18.2. The second kappa shape index (κ2) is 5.27. The van der Waals surface area contributed by atoms with Crippen molar-refractivity contribution in [1.29, 1.82) is 0 Å². The molecule has 4 heterocycles. The van der Waals surface area contributed by atoms with Gasteiger partial charge in [-0.05, 0) is 11.6 Å². The molecular formula is C21H23NO4. The van der Waals surface area contributed by atoms with Crippen LogP contribution in [0.1, 0.15) is 26.3 Å². The molecule has 0 N–H and O–H groups in total. The Labute approximate surface area is 153 Å². The van der Waals surface area contributed by atoms with Crippen LogP contribution in [0.2, 0.25) is 0 Å². The number of hydrogen-bond donors (Lipinski definition) is 0. The fraction of sp³-hybridized carbons (Fsp3) is 0.524. The number of Topliss-reactive ketones (excluding diaryl/α,β-unsaturated/α-hetero) is 2. The third-order valence-electron chi connectivity index (χ3n) is 6.16. The van der Waals surface area contributed by atoms with E-state index in [2.05, 4.69) is 23.1 Å². The summed E-state index contributed by atoms with van der Waals surface area (Å²) in [6.45, 7) is 6.23. The van der Waals surface area contributed by atoms with Gasteiger partial charge in [0.25, 0.3) is 0 Å². The van der Waals surface area contributed by atoms with Gasteiger partial charge in [0.05, 0.1) is 30.7 Å². The molecule has 4 aliphatic rings. The standard InChI is InChI=1S/C21H23NO4/c1-21(2,3)19(24)17-16-14-10-25-20(26-14)18(23)15(16)13-9-8-11-6-4-5-7-12(11)22(13)17/h4-9,13-17,20H,10H2,1-3H3/t13-,14-,15+,16-,17+,20-/m1/s1. The van der Waals surface area contributed by atoms with Gasteiger partial charge in [-0.25, -0.2) is 0 Å². The van der Waals surface area contributed by atoms with Gasteiger partial charge in [0, 0.05) is 17.0 Å². The summed E-state index contributed by atoms with van der Waals surface area (Å²) in [6, 6.07) is 7.59. The van der Waals surface area contributed by atoms with E-state index < -0.39 is 11.7 Å². The van der Waals surface area contributed by atoms with Crippen molar-refractivity contribution in [2.45, 2.75) is 45.2 Å². The van der Waals surface area contributed by atoms with E-state index in [4.69, 9.17) is 9.47 Å². The number of carbonyl (C=O) groups excluding carboxylic acids is 2. The Bertz CT molecular complexity index is 824. The number of ketones is 2. The SMILES string of the molecule is CC(C)(C)C(=O)[C@@H]1[C@H]2[C@@H](C(=O)[C@@H]3OC[C@H]2O3)[C@H]2C=Cc3ccccc3N21. The molecule has 5 rings (SSSR count). The van der Waals surface area contributed by atoms with Gasteiger partial charge < -0.3 is 14.4 Å². The Morgan fingerprint density at radius 3 is 2.77 bits per heavy atom. The second-order valence-corrected chi connectivity index (χ2v) is 8.72. The van der Waals surface area contributed by atoms with Crippen LogP contribution in [0.15, 0.2) is 30.3 Å². The predicted molar refractivity (Wildman–Crippen MR) is 96.6 cm³/mol. The molecule has 26 heavy (non-hydrogen) atoms. The minimum absolute atomic E-state index is 0.0213. The molecule has 0 radical (unpaired) electrons. The highest BCUT2D eigenvalue weighted by Crippen LogP contribution is 2.51. The summed E-state index contributed by atoms with van der Waals surface area (Å²) in [5, 5.41) is 0. The number of para-hydroxylation sites is 1. The number of nitrogens with zero attached hydrogens (tertiary/aromatic N) is 1. The Morgan fingerprint density at radius 2 is 2.00 bits per heavy atom. The van der Waals surface area contributed by atoms with Gasteiger partial charge in [0.2, 0.25) is 6.29 Å². The molecule has 1 aromatic carbocycles. The highest BCUT2D eigenvalue weighted by Gasteiger charge is 2.64. The van der Waals surface area contributed by atoms with Crippen LogP contribution in [0.3, 0.4) is 0 Å². The lowest BCUT2D eigenvalue weighted by atomic mass is 9.74. The van der Waals surface area contributed by atoms with Crippen LogP contribution < -0.4 is 4.90 Å². The van der Waals surface area contributed by atoms with Crippen molar-refractivity contribution in [2.75, 3.05) is 11.5 Å². The monoisotopic (exact) mass is 353 g/mol. The summed E-state index contributed by atoms with van der Waals surface area (Å²) in [7, 11) is 0. The number of hydrogen-bond acceptors (Lipinski definition) is 5. The van der Waals surface area contributed by atoms with Gasteiger partial charge in [-0.1, -0.05) is 51.1 Å². The maximum Gasteiger partial charge on any atom is 0.218 e. The topological polar surface area (TPSA) is 55.8 Å². The Hall–Kier alpha value is -1.98. The number of fused-ring (bicyclic) bond motifs is 8. The van der Waals surface area contributed by atoms with Crippen molar-refractivity contribution in [2.24, 2.45) is 17.3 Å². The lowest BCUT2D eigenvalue weighted by Gasteiger charge is -2.38. The second-order valence-electron chi connectivity index (χ2n) is 8.72. The first kappa shape index (κ1) is 16.2. The summed E-state index contributed by atoms with van der Waals surface area (Å²) in [5.41, 5.74) is 1.62. The highest BCUT2D eigenvalue weighted by molar-refractivity contribution is 5.98. The lowest BCUT2D eigenvalue weighted by molar-refractivity contribution is -0.164. The Balaban J connectivity index is 1.69. The number of ether oxygens (including phenoxy) is 2. The fourth-order valence-corrected chi connectivity index (χ4v) is 5.02. The molecule has 4 aliphatic heterocycles. The Morgan fingerprint density at radius 1 is 1.23 bits per heavy atom. The van der Waals surface area contributed by atoms with Gasteiger partial charge in [-0.2, -0.15) is 0 Å². The van der Waals surface area contributed by atoms with Crippen molar-refractivity contribution in [3.05, 3.63) is 35.9 Å². The maximum atomic E-state index is 13.5. The molecule has 0 aromatic heterocycles. The molecule has 3 saturated heterocycles. The molecule has 5 nitrogen and oxygen atoms in total. The smallest absolute Gasteiger partial charge is 0.218 e. The molecule has 6 atom stereocenters. The van der Waals surface area contributed by atoms with Gasteiger partial charge in [-0.15, -0.1) is 0 Å². The van der Waals surface area contributed by atoms with E-state index in [0.717, 1.165) is 11.3 Å². The summed E-state index contributed by atoms with van der Waals surface area (Å²) >= 11 is 0. The normalized spacial score (nSPS) is 37.3. The quantitative estimate of drug-likeness (QED) is 0.776. The number of benzene rings is 1. The zero-order valence-electron chi connectivity index (χ0n) is 15.2. The third-order valence-corrected chi connectivity index (χ3v) is 6.16. The molecule has 0 saturated carbocycles. The minimum atomic E-state index is -0.767. The number of carbonyl (C=O) groups is 2. The average molecular weight is 353 g/mol. The van der Waals surface area contributed by atoms with Crippen molar-refractivity contribution in [1.82, 2.24) is 0 Å². The lowest BCUT2D eigenvalue weighted by Crippen LogP contribution is -2.51. The number of rotatable bonds is 1. The van der Waals surface area contributed by atoms with E-state index in [0.29, 0.717) is 6.61 Å². The first-order chi connectivity index (χ1) is 12.4. The van der Waals surface area contributed by atoms with Crippen molar-refractivity contribution in [3.63, 3.8) is 0 Å². The van der Waals surface area contributed by atoms with Crippen LogP contribution in [0.4, 0.5) is 5.69 Å². The maximum absolute atomic E-state index is 13.5. The first-order valence-corrected chi connectivity index (χ1v) is 9.28. The average Bonchev–Trinajstić information content (AvgIpc) is 3.19. The van der Waals surface area contributed by atoms with Crippen molar-refractivity contribution >= 4 is 23.3 Å². The molecule has 136 valence electrons. The summed E-state index contributed by atoms with van der Waals surface area (Å²) in [6.07, 6.45) is 3.18. The predicted octanol–water partition coefficient (Wildman–Crippen LogP) is 2.44. The molecular weight excluding hydrogens is 330 g/mol. The van der Waals surface area contributed by atoms with E-state index in [1.54, 1.807) is 0 Å². The minimum Gasteiger partial charge on any atom is -0.353 e. The van der Waals surface area contributed by atoms with Crippen LogP contribution in [0.25, 0.3) is 6.08 Å². The summed E-state index contributed by atoms with van der Waals surface area (Å²) < 4.78 is 11.4.